The second kappa shape index (κ2) is 8.97. The molecule has 3 aromatic rings. The lowest BCUT2D eigenvalue weighted by atomic mass is 10.0. The van der Waals surface area contributed by atoms with E-state index in [2.05, 4.69) is 36.4 Å². The summed E-state index contributed by atoms with van der Waals surface area (Å²) in [6.45, 7) is 1.11. The normalized spacial score (nSPS) is 10.5. The molecule has 0 unspecified atom stereocenters. The molecule has 0 aliphatic heterocycles. The highest BCUT2D eigenvalue weighted by Gasteiger charge is 2.09. The lowest BCUT2D eigenvalue weighted by molar-refractivity contribution is -0.135. The first-order chi connectivity index (χ1) is 12.7. The van der Waals surface area contributed by atoms with Crippen molar-refractivity contribution in [3.8, 4) is 11.1 Å². The standard InChI is InChI=1S/C23H23NO2/c1-24(23(25)18-26-17-20-8-4-2-5-9-20)16-19-12-14-22(15-13-19)21-10-6-3-7-11-21/h2-15H,16-18H2,1H3. The maximum absolute atomic E-state index is 12.2. The molecule has 0 aliphatic rings. The van der Waals surface area contributed by atoms with Gasteiger partial charge in [0, 0.05) is 13.6 Å². The molecule has 0 saturated heterocycles. The van der Waals surface area contributed by atoms with Crippen molar-refractivity contribution in [2.75, 3.05) is 13.7 Å². The minimum Gasteiger partial charge on any atom is -0.367 e. The molecule has 0 spiro atoms. The number of benzene rings is 3. The number of hydrogen-bond acceptors (Lipinski definition) is 2. The molecule has 0 saturated carbocycles. The number of rotatable bonds is 7. The van der Waals surface area contributed by atoms with E-state index in [-0.39, 0.29) is 12.5 Å². The van der Waals surface area contributed by atoms with Crippen LogP contribution in [0.4, 0.5) is 0 Å². The molecule has 1 amide bonds. The number of hydrogen-bond donors (Lipinski definition) is 0. The van der Waals surface area contributed by atoms with Crippen molar-refractivity contribution in [2.45, 2.75) is 13.2 Å². The molecule has 3 aromatic carbocycles. The molecule has 0 bridgehead atoms. The van der Waals surface area contributed by atoms with Gasteiger partial charge in [-0.05, 0) is 22.3 Å². The Bertz CT molecular complexity index is 814. The van der Waals surface area contributed by atoms with Crippen LogP contribution in [-0.4, -0.2) is 24.5 Å². The van der Waals surface area contributed by atoms with Crippen molar-refractivity contribution in [3.63, 3.8) is 0 Å². The molecule has 3 rings (SSSR count). The van der Waals surface area contributed by atoms with E-state index in [0.29, 0.717) is 13.2 Å². The quantitative estimate of drug-likeness (QED) is 0.630. The van der Waals surface area contributed by atoms with Gasteiger partial charge in [0.25, 0.3) is 0 Å². The van der Waals surface area contributed by atoms with Crippen LogP contribution < -0.4 is 0 Å². The molecule has 132 valence electrons. The number of carbonyl (C=O) groups excluding carboxylic acids is 1. The first-order valence-electron chi connectivity index (χ1n) is 8.72. The topological polar surface area (TPSA) is 29.5 Å². The zero-order chi connectivity index (χ0) is 18.2. The fourth-order valence-electron chi connectivity index (χ4n) is 2.74. The SMILES string of the molecule is CN(Cc1ccc(-c2ccccc2)cc1)C(=O)COCc1ccccc1. The first kappa shape index (κ1) is 17.9. The maximum Gasteiger partial charge on any atom is 0.248 e. The lowest BCUT2D eigenvalue weighted by Crippen LogP contribution is -2.29. The summed E-state index contributed by atoms with van der Waals surface area (Å²) in [5.41, 5.74) is 4.54. The summed E-state index contributed by atoms with van der Waals surface area (Å²) in [4.78, 5) is 13.9. The van der Waals surface area contributed by atoms with Crippen molar-refractivity contribution >= 4 is 5.91 Å². The van der Waals surface area contributed by atoms with Gasteiger partial charge in [0.2, 0.25) is 5.91 Å². The Labute approximate surface area is 154 Å². The zero-order valence-corrected chi connectivity index (χ0v) is 15.0. The number of likely N-dealkylation sites (N-methyl/N-ethyl adjacent to an activating group) is 1. The monoisotopic (exact) mass is 345 g/mol. The van der Waals surface area contributed by atoms with Gasteiger partial charge in [0.15, 0.2) is 0 Å². The molecule has 0 atom stereocenters. The van der Waals surface area contributed by atoms with Crippen molar-refractivity contribution < 1.29 is 9.53 Å². The van der Waals surface area contributed by atoms with E-state index >= 15 is 0 Å². The van der Waals surface area contributed by atoms with Crippen LogP contribution in [0.3, 0.4) is 0 Å². The average molecular weight is 345 g/mol. The summed E-state index contributed by atoms with van der Waals surface area (Å²) < 4.78 is 5.53. The van der Waals surface area contributed by atoms with E-state index in [9.17, 15) is 4.79 Å². The van der Waals surface area contributed by atoms with E-state index < -0.39 is 0 Å². The summed E-state index contributed by atoms with van der Waals surface area (Å²) in [5, 5.41) is 0. The van der Waals surface area contributed by atoms with E-state index in [0.717, 1.165) is 11.1 Å². The molecule has 0 heterocycles. The van der Waals surface area contributed by atoms with Crippen LogP contribution in [-0.2, 0) is 22.7 Å². The van der Waals surface area contributed by atoms with Gasteiger partial charge in [-0.1, -0.05) is 84.9 Å². The third-order valence-corrected chi connectivity index (χ3v) is 4.24. The van der Waals surface area contributed by atoms with Gasteiger partial charge < -0.3 is 9.64 Å². The number of amides is 1. The first-order valence-corrected chi connectivity index (χ1v) is 8.72. The van der Waals surface area contributed by atoms with Crippen molar-refractivity contribution in [2.24, 2.45) is 0 Å². The zero-order valence-electron chi connectivity index (χ0n) is 15.0. The summed E-state index contributed by atoms with van der Waals surface area (Å²) in [6, 6.07) is 28.4. The van der Waals surface area contributed by atoms with E-state index in [4.69, 9.17) is 4.74 Å². The van der Waals surface area contributed by atoms with E-state index in [1.807, 2.05) is 48.5 Å². The minimum absolute atomic E-state index is 0.0203. The van der Waals surface area contributed by atoms with Gasteiger partial charge in [0.05, 0.1) is 6.61 Å². The molecule has 0 radical (unpaired) electrons. The fourth-order valence-corrected chi connectivity index (χ4v) is 2.74. The smallest absolute Gasteiger partial charge is 0.248 e. The third kappa shape index (κ3) is 5.04. The Morgan fingerprint density at radius 2 is 1.35 bits per heavy atom. The molecule has 0 fully saturated rings. The summed E-state index contributed by atoms with van der Waals surface area (Å²) in [7, 11) is 1.80. The Kier molecular flexibility index (Phi) is 6.18. The predicted octanol–water partition coefficient (Wildman–Crippen LogP) is 4.53. The Morgan fingerprint density at radius 1 is 0.769 bits per heavy atom. The molecule has 0 aromatic heterocycles. The van der Waals surface area contributed by atoms with Gasteiger partial charge in [0.1, 0.15) is 6.61 Å². The summed E-state index contributed by atoms with van der Waals surface area (Å²) in [6.07, 6.45) is 0. The Balaban J connectivity index is 1.49. The van der Waals surface area contributed by atoms with Crippen LogP contribution in [0.25, 0.3) is 11.1 Å². The number of ether oxygens (including phenoxy) is 1. The van der Waals surface area contributed by atoms with Crippen LogP contribution in [0.5, 0.6) is 0 Å². The van der Waals surface area contributed by atoms with Gasteiger partial charge in [-0.3, -0.25) is 4.79 Å². The van der Waals surface area contributed by atoms with Gasteiger partial charge in [-0.25, -0.2) is 0 Å². The van der Waals surface area contributed by atoms with E-state index in [1.54, 1.807) is 11.9 Å². The average Bonchev–Trinajstić information content (AvgIpc) is 2.70. The molecule has 26 heavy (non-hydrogen) atoms. The number of nitrogens with zero attached hydrogens (tertiary/aromatic N) is 1. The molecule has 0 N–H and O–H groups in total. The second-order valence-corrected chi connectivity index (χ2v) is 6.29. The Morgan fingerprint density at radius 3 is 2.00 bits per heavy atom. The predicted molar refractivity (Wildman–Crippen MR) is 104 cm³/mol. The molecule has 3 nitrogen and oxygen atoms in total. The highest BCUT2D eigenvalue weighted by Crippen LogP contribution is 2.19. The largest absolute Gasteiger partial charge is 0.367 e. The fraction of sp³-hybridized carbons (Fsp3) is 0.174. The van der Waals surface area contributed by atoms with Crippen molar-refractivity contribution in [1.82, 2.24) is 4.90 Å². The highest BCUT2D eigenvalue weighted by atomic mass is 16.5. The van der Waals surface area contributed by atoms with Crippen molar-refractivity contribution in [1.29, 1.82) is 0 Å². The third-order valence-electron chi connectivity index (χ3n) is 4.24. The molecule has 0 aliphatic carbocycles. The summed E-state index contributed by atoms with van der Waals surface area (Å²) in [5.74, 6) is -0.0203. The molecule has 3 heteroatoms. The van der Waals surface area contributed by atoms with Crippen LogP contribution in [0.1, 0.15) is 11.1 Å². The van der Waals surface area contributed by atoms with Gasteiger partial charge in [-0.2, -0.15) is 0 Å². The van der Waals surface area contributed by atoms with Gasteiger partial charge >= 0.3 is 0 Å². The number of carbonyl (C=O) groups is 1. The summed E-state index contributed by atoms with van der Waals surface area (Å²) >= 11 is 0. The van der Waals surface area contributed by atoms with Crippen LogP contribution in [0, 0.1) is 0 Å². The maximum atomic E-state index is 12.2. The Hall–Kier alpha value is -2.91. The molecular formula is C23H23NO2. The lowest BCUT2D eigenvalue weighted by Gasteiger charge is -2.17. The van der Waals surface area contributed by atoms with Crippen LogP contribution >= 0.6 is 0 Å². The van der Waals surface area contributed by atoms with E-state index in [1.165, 1.54) is 11.1 Å². The minimum atomic E-state index is -0.0203. The highest BCUT2D eigenvalue weighted by molar-refractivity contribution is 5.77. The van der Waals surface area contributed by atoms with Crippen molar-refractivity contribution in [3.05, 3.63) is 96.1 Å². The van der Waals surface area contributed by atoms with Crippen LogP contribution in [0.2, 0.25) is 0 Å². The van der Waals surface area contributed by atoms with Gasteiger partial charge in [-0.15, -0.1) is 0 Å². The second-order valence-electron chi connectivity index (χ2n) is 6.29. The molecular weight excluding hydrogens is 322 g/mol. The van der Waals surface area contributed by atoms with Crippen LogP contribution in [0.15, 0.2) is 84.9 Å².